The van der Waals surface area contributed by atoms with E-state index in [0.29, 0.717) is 24.6 Å². The highest BCUT2D eigenvalue weighted by molar-refractivity contribution is 5.43. The monoisotopic (exact) mass is 408 g/mol. The summed E-state index contributed by atoms with van der Waals surface area (Å²) in [5.74, 6) is -0.0596. The Hall–Kier alpha value is -2.22. The van der Waals surface area contributed by atoms with Gasteiger partial charge in [0.1, 0.15) is 24.3 Å². The summed E-state index contributed by atoms with van der Waals surface area (Å²) in [5.41, 5.74) is 0.899. The third-order valence-corrected chi connectivity index (χ3v) is 4.72. The molecule has 0 bridgehead atoms. The van der Waals surface area contributed by atoms with Crippen LogP contribution in [0.3, 0.4) is 0 Å². The van der Waals surface area contributed by atoms with Crippen LogP contribution < -0.4 is 14.8 Å². The zero-order valence-corrected chi connectivity index (χ0v) is 17.3. The van der Waals surface area contributed by atoms with Crippen molar-refractivity contribution in [3.8, 4) is 11.5 Å². The van der Waals surface area contributed by atoms with E-state index in [1.165, 1.54) is 18.2 Å². The van der Waals surface area contributed by atoms with Gasteiger partial charge in [0, 0.05) is 25.2 Å². The van der Waals surface area contributed by atoms with E-state index in [9.17, 15) is 13.9 Å². The van der Waals surface area contributed by atoms with Crippen LogP contribution in [0.5, 0.6) is 11.5 Å². The maximum atomic E-state index is 13.7. The third-order valence-electron chi connectivity index (χ3n) is 4.72. The number of nitrogens with zero attached hydrogens (tertiary/aromatic N) is 1. The molecule has 5 nitrogen and oxygen atoms in total. The van der Waals surface area contributed by atoms with Gasteiger partial charge in [-0.3, -0.25) is 0 Å². The van der Waals surface area contributed by atoms with Gasteiger partial charge in [-0.05, 0) is 42.9 Å². The third kappa shape index (κ3) is 6.96. The Morgan fingerprint density at radius 3 is 2.34 bits per heavy atom. The van der Waals surface area contributed by atoms with Gasteiger partial charge in [-0.1, -0.05) is 26.0 Å². The molecule has 2 rings (SSSR count). The topological polar surface area (TPSA) is 54.0 Å². The molecular formula is C22H30F2N2O3. The molecule has 1 unspecified atom stereocenters. The smallest absolute Gasteiger partial charge is 0.161 e. The van der Waals surface area contributed by atoms with Crippen LogP contribution in [0.1, 0.15) is 25.0 Å². The van der Waals surface area contributed by atoms with Gasteiger partial charge in [-0.15, -0.1) is 0 Å². The molecular weight excluding hydrogens is 378 g/mol. The molecule has 0 aromatic heterocycles. The Balaban J connectivity index is 1.91. The van der Waals surface area contributed by atoms with Gasteiger partial charge in [-0.2, -0.15) is 0 Å². The zero-order valence-electron chi connectivity index (χ0n) is 17.3. The molecule has 0 amide bonds. The van der Waals surface area contributed by atoms with Gasteiger partial charge in [0.05, 0.1) is 7.11 Å². The molecule has 1 atom stereocenters. The van der Waals surface area contributed by atoms with Crippen molar-refractivity contribution in [2.24, 2.45) is 0 Å². The molecule has 29 heavy (non-hydrogen) atoms. The summed E-state index contributed by atoms with van der Waals surface area (Å²) in [5, 5.41) is 13.2. The Morgan fingerprint density at radius 2 is 1.72 bits per heavy atom. The fourth-order valence-electron chi connectivity index (χ4n) is 2.99. The number of aliphatic hydroxyl groups is 1. The lowest BCUT2D eigenvalue weighted by Gasteiger charge is -2.22. The van der Waals surface area contributed by atoms with Crippen molar-refractivity contribution in [1.82, 2.24) is 10.2 Å². The van der Waals surface area contributed by atoms with Crippen molar-refractivity contribution in [2.45, 2.75) is 33.0 Å². The summed E-state index contributed by atoms with van der Waals surface area (Å²) in [6.45, 7) is 7.04. The first kappa shape index (κ1) is 23.1. The quantitative estimate of drug-likeness (QED) is 0.564. The van der Waals surface area contributed by atoms with E-state index in [1.807, 2.05) is 19.9 Å². The van der Waals surface area contributed by atoms with E-state index in [-0.39, 0.29) is 18.7 Å². The first-order valence-corrected chi connectivity index (χ1v) is 9.82. The lowest BCUT2D eigenvalue weighted by atomic mass is 10.1. The highest BCUT2D eigenvalue weighted by Crippen LogP contribution is 2.28. The van der Waals surface area contributed by atoms with Crippen LogP contribution in [-0.4, -0.2) is 49.5 Å². The Morgan fingerprint density at radius 1 is 1.03 bits per heavy atom. The minimum atomic E-state index is -0.600. The average Bonchev–Trinajstić information content (AvgIpc) is 2.72. The summed E-state index contributed by atoms with van der Waals surface area (Å²) in [6.07, 6.45) is -0.600. The molecule has 0 radical (unpaired) electrons. The molecule has 0 fully saturated rings. The van der Waals surface area contributed by atoms with E-state index >= 15 is 0 Å². The summed E-state index contributed by atoms with van der Waals surface area (Å²) in [4.78, 5) is 2.12. The Bertz CT molecular complexity index is 749. The predicted molar refractivity (Wildman–Crippen MR) is 109 cm³/mol. The molecule has 0 heterocycles. The first-order valence-electron chi connectivity index (χ1n) is 9.82. The molecule has 0 saturated carbocycles. The number of rotatable bonds is 12. The van der Waals surface area contributed by atoms with Crippen LogP contribution in [0.2, 0.25) is 0 Å². The van der Waals surface area contributed by atoms with E-state index in [0.717, 1.165) is 18.7 Å². The molecule has 2 aromatic rings. The summed E-state index contributed by atoms with van der Waals surface area (Å²) in [7, 11) is 1.54. The molecule has 7 heteroatoms. The SMILES string of the molecule is CCN(CC)CC(O)COc1ccc(CNCc2c(F)cccc2F)cc1OC. The number of nitrogens with one attached hydrogen (secondary N) is 1. The van der Waals surface area contributed by atoms with Crippen LogP contribution in [0.15, 0.2) is 36.4 Å². The van der Waals surface area contributed by atoms with Gasteiger partial charge in [-0.25, -0.2) is 8.78 Å². The van der Waals surface area contributed by atoms with E-state index < -0.39 is 17.7 Å². The second-order valence-corrected chi connectivity index (χ2v) is 6.74. The second-order valence-electron chi connectivity index (χ2n) is 6.74. The van der Waals surface area contributed by atoms with Gasteiger partial charge >= 0.3 is 0 Å². The van der Waals surface area contributed by atoms with Crippen molar-refractivity contribution in [1.29, 1.82) is 0 Å². The normalized spacial score (nSPS) is 12.2. The molecule has 2 N–H and O–H groups in total. The predicted octanol–water partition coefficient (Wildman–Crippen LogP) is 3.34. The zero-order chi connectivity index (χ0) is 21.2. The maximum Gasteiger partial charge on any atom is 0.161 e. The standard InChI is InChI=1S/C22H30F2N2O3/c1-4-26(5-2)14-17(27)15-29-21-10-9-16(11-22(21)28-3)12-25-13-18-19(23)7-6-8-20(18)24/h6-11,17,25,27H,4-5,12-15H2,1-3H3. The number of hydrogen-bond donors (Lipinski definition) is 2. The van der Waals surface area contributed by atoms with Crippen LogP contribution in [0, 0.1) is 11.6 Å². The lowest BCUT2D eigenvalue weighted by molar-refractivity contribution is 0.0705. The fourth-order valence-corrected chi connectivity index (χ4v) is 2.99. The molecule has 0 aliphatic rings. The van der Waals surface area contributed by atoms with Gasteiger partial charge in [0.15, 0.2) is 11.5 Å². The van der Waals surface area contributed by atoms with Crippen molar-refractivity contribution < 1.29 is 23.4 Å². The fraction of sp³-hybridized carbons (Fsp3) is 0.455. The van der Waals surface area contributed by atoms with Crippen LogP contribution >= 0.6 is 0 Å². The summed E-state index contributed by atoms with van der Waals surface area (Å²) in [6, 6.07) is 9.24. The molecule has 160 valence electrons. The summed E-state index contributed by atoms with van der Waals surface area (Å²) < 4.78 is 38.5. The van der Waals surface area contributed by atoms with Gasteiger partial charge < -0.3 is 24.8 Å². The largest absolute Gasteiger partial charge is 0.493 e. The van der Waals surface area contributed by atoms with Crippen molar-refractivity contribution in [2.75, 3.05) is 33.4 Å². The highest BCUT2D eigenvalue weighted by atomic mass is 19.1. The minimum Gasteiger partial charge on any atom is -0.493 e. The lowest BCUT2D eigenvalue weighted by Crippen LogP contribution is -2.35. The minimum absolute atomic E-state index is 0.0154. The molecule has 0 aliphatic carbocycles. The van der Waals surface area contributed by atoms with Crippen molar-refractivity contribution in [3.05, 3.63) is 59.2 Å². The summed E-state index contributed by atoms with van der Waals surface area (Å²) >= 11 is 0. The number of hydrogen-bond acceptors (Lipinski definition) is 5. The van der Waals surface area contributed by atoms with Crippen molar-refractivity contribution in [3.63, 3.8) is 0 Å². The maximum absolute atomic E-state index is 13.7. The number of ether oxygens (including phenoxy) is 2. The van der Waals surface area contributed by atoms with Crippen molar-refractivity contribution >= 4 is 0 Å². The van der Waals surface area contributed by atoms with E-state index in [2.05, 4.69) is 10.2 Å². The number of aliphatic hydroxyl groups excluding tert-OH is 1. The van der Waals surface area contributed by atoms with Crippen LogP contribution in [-0.2, 0) is 13.1 Å². The number of benzene rings is 2. The second kappa shape index (κ2) is 11.7. The molecule has 0 saturated heterocycles. The number of likely N-dealkylation sites (N-methyl/N-ethyl adjacent to an activating group) is 1. The first-order chi connectivity index (χ1) is 14.0. The highest BCUT2D eigenvalue weighted by Gasteiger charge is 2.13. The average molecular weight is 408 g/mol. The Labute approximate surface area is 171 Å². The number of methoxy groups -OCH3 is 1. The molecule has 2 aromatic carbocycles. The number of halogens is 2. The van der Waals surface area contributed by atoms with E-state index in [4.69, 9.17) is 9.47 Å². The van der Waals surface area contributed by atoms with Crippen LogP contribution in [0.4, 0.5) is 8.78 Å². The van der Waals surface area contributed by atoms with Gasteiger partial charge in [0.2, 0.25) is 0 Å². The molecule has 0 spiro atoms. The van der Waals surface area contributed by atoms with Crippen LogP contribution in [0.25, 0.3) is 0 Å². The molecule has 0 aliphatic heterocycles. The van der Waals surface area contributed by atoms with E-state index in [1.54, 1.807) is 19.2 Å². The Kier molecular flexibility index (Phi) is 9.31. The van der Waals surface area contributed by atoms with Gasteiger partial charge in [0.25, 0.3) is 0 Å².